The van der Waals surface area contributed by atoms with Crippen molar-refractivity contribution < 1.29 is 25.3 Å². The molecule has 0 amide bonds. The number of fused-ring (bicyclic) bond motifs is 1. The number of nitrogens with zero attached hydrogens (tertiary/aromatic N) is 5. The van der Waals surface area contributed by atoms with Gasteiger partial charge in [-0.2, -0.15) is 0 Å². The molecule has 1 saturated heterocycles. The number of anilines is 2. The highest BCUT2D eigenvalue weighted by molar-refractivity contribution is 5.84. The standard InChI is InChI=1S/C14H22N6O5/c1-14(2,3)20(24)13-18-7-10(15)16-5-17-11(7)19(13)12-9(23)8(22)6(4-21)25-12/h5-6,8-9,12,21-24H,4H2,1-3H3,(H2,15,16,17)/t6-,8-,9-,12-/m1/s1. The molecule has 1 aliphatic rings. The lowest BCUT2D eigenvalue weighted by Gasteiger charge is -2.31. The number of hydrogen-bond acceptors (Lipinski definition) is 10. The summed E-state index contributed by atoms with van der Waals surface area (Å²) in [6.45, 7) is 4.78. The van der Waals surface area contributed by atoms with Crippen molar-refractivity contribution >= 4 is 22.9 Å². The molecule has 0 aromatic carbocycles. The lowest BCUT2D eigenvalue weighted by Crippen LogP contribution is -2.41. The molecule has 3 heterocycles. The van der Waals surface area contributed by atoms with Crippen LogP contribution in [-0.4, -0.2) is 70.5 Å². The second-order valence-electron chi connectivity index (χ2n) is 6.92. The Morgan fingerprint density at radius 1 is 1.28 bits per heavy atom. The Morgan fingerprint density at radius 2 is 1.96 bits per heavy atom. The van der Waals surface area contributed by atoms with Crippen LogP contribution in [0.1, 0.15) is 27.0 Å². The number of rotatable bonds is 3. The largest absolute Gasteiger partial charge is 0.394 e. The number of ether oxygens (including phenoxy) is 1. The van der Waals surface area contributed by atoms with Gasteiger partial charge in [-0.25, -0.2) is 20.0 Å². The van der Waals surface area contributed by atoms with Gasteiger partial charge in [0.15, 0.2) is 23.2 Å². The summed E-state index contributed by atoms with van der Waals surface area (Å²) in [4.78, 5) is 12.3. The van der Waals surface area contributed by atoms with Gasteiger partial charge in [0.2, 0.25) is 5.95 Å². The Morgan fingerprint density at radius 3 is 2.52 bits per heavy atom. The highest BCUT2D eigenvalue weighted by Gasteiger charge is 2.46. The number of hydroxylamine groups is 1. The number of aliphatic hydroxyl groups is 3. The minimum absolute atomic E-state index is 0.0181. The maximum absolute atomic E-state index is 10.6. The van der Waals surface area contributed by atoms with E-state index >= 15 is 0 Å². The van der Waals surface area contributed by atoms with Crippen LogP contribution in [0.3, 0.4) is 0 Å². The normalized spacial score (nSPS) is 27.2. The minimum Gasteiger partial charge on any atom is -0.394 e. The number of hydrogen-bond donors (Lipinski definition) is 5. The Hall–Kier alpha value is -2.05. The molecule has 6 N–H and O–H groups in total. The Balaban J connectivity index is 2.20. The van der Waals surface area contributed by atoms with Crippen molar-refractivity contribution in [3.63, 3.8) is 0 Å². The fourth-order valence-electron chi connectivity index (χ4n) is 2.69. The van der Waals surface area contributed by atoms with E-state index in [0.29, 0.717) is 0 Å². The van der Waals surface area contributed by atoms with Crippen LogP contribution in [0.4, 0.5) is 11.8 Å². The molecule has 25 heavy (non-hydrogen) atoms. The fourth-order valence-corrected chi connectivity index (χ4v) is 2.69. The van der Waals surface area contributed by atoms with Gasteiger partial charge in [0.05, 0.1) is 12.1 Å². The zero-order chi connectivity index (χ0) is 18.5. The van der Waals surface area contributed by atoms with Gasteiger partial charge in [-0.05, 0) is 20.8 Å². The summed E-state index contributed by atoms with van der Waals surface area (Å²) < 4.78 is 6.90. The van der Waals surface area contributed by atoms with E-state index in [4.69, 9.17) is 10.5 Å². The molecule has 0 unspecified atom stereocenters. The predicted molar refractivity (Wildman–Crippen MR) is 86.8 cm³/mol. The van der Waals surface area contributed by atoms with Crippen molar-refractivity contribution in [2.45, 2.75) is 50.8 Å². The number of aromatic nitrogens is 4. The topological polar surface area (TPSA) is 163 Å². The lowest BCUT2D eigenvalue weighted by molar-refractivity contribution is -0.0517. The van der Waals surface area contributed by atoms with E-state index in [0.717, 1.165) is 5.06 Å². The van der Waals surface area contributed by atoms with Gasteiger partial charge in [0, 0.05) is 0 Å². The van der Waals surface area contributed by atoms with Crippen molar-refractivity contribution in [2.75, 3.05) is 17.4 Å². The molecule has 138 valence electrons. The molecule has 0 radical (unpaired) electrons. The highest BCUT2D eigenvalue weighted by Crippen LogP contribution is 2.37. The van der Waals surface area contributed by atoms with Crippen LogP contribution in [0.2, 0.25) is 0 Å². The molecule has 0 spiro atoms. The third kappa shape index (κ3) is 2.79. The molecule has 11 nitrogen and oxygen atoms in total. The summed E-state index contributed by atoms with van der Waals surface area (Å²) in [6.07, 6.45) is -3.55. The number of nitrogens with two attached hydrogens (primary N) is 1. The molecule has 2 aromatic rings. The molecule has 2 aromatic heterocycles. The monoisotopic (exact) mass is 354 g/mol. The van der Waals surface area contributed by atoms with Crippen molar-refractivity contribution in [1.29, 1.82) is 0 Å². The summed E-state index contributed by atoms with van der Waals surface area (Å²) in [5.74, 6) is 0.114. The maximum Gasteiger partial charge on any atom is 0.234 e. The van der Waals surface area contributed by atoms with E-state index in [1.54, 1.807) is 20.8 Å². The van der Waals surface area contributed by atoms with Gasteiger partial charge in [-0.1, -0.05) is 0 Å². The average Bonchev–Trinajstić information content (AvgIpc) is 3.06. The first-order valence-electron chi connectivity index (χ1n) is 7.76. The third-order valence-electron chi connectivity index (χ3n) is 4.08. The van der Waals surface area contributed by atoms with E-state index in [1.165, 1.54) is 10.9 Å². The van der Waals surface area contributed by atoms with Gasteiger partial charge in [0.25, 0.3) is 0 Å². The van der Waals surface area contributed by atoms with E-state index in [9.17, 15) is 20.5 Å². The van der Waals surface area contributed by atoms with Crippen molar-refractivity contribution in [3.8, 4) is 0 Å². The molecule has 0 saturated carbocycles. The van der Waals surface area contributed by atoms with Crippen LogP contribution in [-0.2, 0) is 4.74 Å². The van der Waals surface area contributed by atoms with Crippen LogP contribution in [0.5, 0.6) is 0 Å². The van der Waals surface area contributed by atoms with E-state index < -0.39 is 36.7 Å². The molecule has 1 fully saturated rings. The summed E-state index contributed by atoms with van der Waals surface area (Å²) in [5.41, 5.74) is 5.55. The van der Waals surface area contributed by atoms with Gasteiger partial charge < -0.3 is 25.8 Å². The van der Waals surface area contributed by atoms with Gasteiger partial charge >= 0.3 is 0 Å². The predicted octanol–water partition coefficient (Wildman–Crippen LogP) is -0.986. The molecule has 0 bridgehead atoms. The Bertz CT molecular complexity index is 775. The number of imidazole rings is 1. The van der Waals surface area contributed by atoms with Crippen LogP contribution in [0.15, 0.2) is 6.33 Å². The molecule has 0 aliphatic carbocycles. The molecule has 4 atom stereocenters. The van der Waals surface area contributed by atoms with Crippen LogP contribution in [0, 0.1) is 0 Å². The summed E-state index contributed by atoms with van der Waals surface area (Å²) in [5, 5.41) is 41.2. The van der Waals surface area contributed by atoms with Gasteiger partial charge in [-0.3, -0.25) is 9.77 Å². The van der Waals surface area contributed by atoms with Crippen LogP contribution >= 0.6 is 0 Å². The Labute approximate surface area is 143 Å². The first kappa shape index (κ1) is 17.8. The molecule has 1 aliphatic heterocycles. The molecular formula is C14H22N6O5. The smallest absolute Gasteiger partial charge is 0.234 e. The third-order valence-corrected chi connectivity index (χ3v) is 4.08. The highest BCUT2D eigenvalue weighted by atomic mass is 16.6. The van der Waals surface area contributed by atoms with Gasteiger partial charge in [-0.15, -0.1) is 0 Å². The summed E-state index contributed by atoms with van der Waals surface area (Å²) in [6, 6.07) is 0. The molecular weight excluding hydrogens is 332 g/mol. The van der Waals surface area contributed by atoms with Crippen molar-refractivity contribution in [2.24, 2.45) is 0 Å². The Kier molecular flexibility index (Phi) is 4.29. The van der Waals surface area contributed by atoms with Crippen molar-refractivity contribution in [1.82, 2.24) is 19.5 Å². The first-order valence-corrected chi connectivity index (χ1v) is 7.76. The zero-order valence-corrected chi connectivity index (χ0v) is 14.1. The van der Waals surface area contributed by atoms with E-state index in [-0.39, 0.29) is 22.9 Å². The zero-order valence-electron chi connectivity index (χ0n) is 14.1. The lowest BCUT2D eigenvalue weighted by atomic mass is 10.1. The first-order chi connectivity index (χ1) is 11.7. The van der Waals surface area contributed by atoms with Crippen LogP contribution in [0.25, 0.3) is 11.2 Å². The quantitative estimate of drug-likeness (QED) is 0.433. The molecule has 11 heteroatoms. The second kappa shape index (κ2) is 6.04. The number of nitrogen functional groups attached to an aromatic ring is 1. The second-order valence-corrected chi connectivity index (χ2v) is 6.92. The number of aliphatic hydroxyl groups excluding tert-OH is 3. The maximum atomic E-state index is 10.6. The average molecular weight is 354 g/mol. The van der Waals surface area contributed by atoms with E-state index in [2.05, 4.69) is 15.0 Å². The minimum atomic E-state index is -1.36. The van der Waals surface area contributed by atoms with Gasteiger partial charge in [0.1, 0.15) is 24.6 Å². The fraction of sp³-hybridized carbons (Fsp3) is 0.643. The SMILES string of the molecule is CC(C)(C)N(O)c1nc2c(N)ncnc2n1[C@@H]1O[C@H](CO)[C@@H](O)[C@H]1O. The van der Waals surface area contributed by atoms with Crippen LogP contribution < -0.4 is 10.8 Å². The van der Waals surface area contributed by atoms with E-state index in [1.807, 2.05) is 0 Å². The summed E-state index contributed by atoms with van der Waals surface area (Å²) in [7, 11) is 0. The summed E-state index contributed by atoms with van der Waals surface area (Å²) >= 11 is 0. The molecule has 3 rings (SSSR count). The van der Waals surface area contributed by atoms with Crippen molar-refractivity contribution in [3.05, 3.63) is 6.33 Å².